The van der Waals surface area contributed by atoms with E-state index in [2.05, 4.69) is 48.1 Å². The fourth-order valence-corrected chi connectivity index (χ4v) is 3.37. The van der Waals surface area contributed by atoms with Gasteiger partial charge in [-0.15, -0.1) is 0 Å². The predicted octanol–water partition coefficient (Wildman–Crippen LogP) is 2.20. The second-order valence-electron chi connectivity index (χ2n) is 7.37. The summed E-state index contributed by atoms with van der Waals surface area (Å²) in [6, 6.07) is 0.314. The first-order chi connectivity index (χ1) is 10.9. The lowest BCUT2D eigenvalue weighted by molar-refractivity contribution is -0.122. The van der Waals surface area contributed by atoms with Crippen LogP contribution in [0.3, 0.4) is 0 Å². The number of piperidine rings is 1. The summed E-state index contributed by atoms with van der Waals surface area (Å²) in [5.41, 5.74) is 3.50. The molecule has 5 heteroatoms. The molecule has 2 unspecified atom stereocenters. The summed E-state index contributed by atoms with van der Waals surface area (Å²) in [6.45, 7) is 13.7. The summed E-state index contributed by atoms with van der Waals surface area (Å²) in [5, 5.41) is 11.2. The smallest absolute Gasteiger partial charge is 0.220 e. The van der Waals surface area contributed by atoms with Gasteiger partial charge in [0.05, 0.1) is 5.69 Å². The van der Waals surface area contributed by atoms with Gasteiger partial charge in [0.1, 0.15) is 0 Å². The van der Waals surface area contributed by atoms with Gasteiger partial charge >= 0.3 is 0 Å². The number of rotatable bonds is 6. The highest BCUT2D eigenvalue weighted by Gasteiger charge is 2.22. The molecule has 1 aromatic heterocycles. The quantitative estimate of drug-likeness (QED) is 0.845. The minimum Gasteiger partial charge on any atom is -0.353 e. The van der Waals surface area contributed by atoms with Crippen LogP contribution in [0.4, 0.5) is 0 Å². The van der Waals surface area contributed by atoms with E-state index in [0.29, 0.717) is 24.3 Å². The first-order valence-electron chi connectivity index (χ1n) is 8.91. The van der Waals surface area contributed by atoms with E-state index in [4.69, 9.17) is 0 Å². The van der Waals surface area contributed by atoms with E-state index in [1.165, 1.54) is 11.3 Å². The second-order valence-corrected chi connectivity index (χ2v) is 7.37. The molecule has 2 atom stereocenters. The van der Waals surface area contributed by atoms with Crippen LogP contribution in [-0.2, 0) is 17.8 Å². The SMILES string of the molecule is Cc1nn(CC(C)C)c(C)c1CCC(=O)NC1CCNCC1C. The zero-order valence-corrected chi connectivity index (χ0v) is 15.3. The summed E-state index contributed by atoms with van der Waals surface area (Å²) in [7, 11) is 0. The Morgan fingerprint density at radius 1 is 1.43 bits per heavy atom. The second kappa shape index (κ2) is 7.95. The number of nitrogens with one attached hydrogen (secondary N) is 2. The highest BCUT2D eigenvalue weighted by atomic mass is 16.1. The lowest BCUT2D eigenvalue weighted by atomic mass is 9.95. The maximum atomic E-state index is 12.3. The van der Waals surface area contributed by atoms with Crippen molar-refractivity contribution in [2.45, 2.75) is 66.5 Å². The number of carbonyl (C=O) groups excluding carboxylic acids is 1. The topological polar surface area (TPSA) is 59.0 Å². The van der Waals surface area contributed by atoms with Crippen molar-refractivity contribution >= 4 is 5.91 Å². The van der Waals surface area contributed by atoms with Crippen LogP contribution in [0.15, 0.2) is 0 Å². The lowest BCUT2D eigenvalue weighted by Crippen LogP contribution is -2.48. The predicted molar refractivity (Wildman–Crippen MR) is 93.4 cm³/mol. The summed E-state index contributed by atoms with van der Waals surface area (Å²) in [4.78, 5) is 12.3. The molecule has 2 rings (SSSR count). The first kappa shape index (κ1) is 18.0. The van der Waals surface area contributed by atoms with E-state index in [0.717, 1.165) is 38.2 Å². The number of nitrogens with zero attached hydrogens (tertiary/aromatic N) is 2. The van der Waals surface area contributed by atoms with Crippen molar-refractivity contribution in [3.8, 4) is 0 Å². The number of carbonyl (C=O) groups is 1. The standard InChI is InChI=1S/C18H32N4O/c1-12(2)11-22-15(5)16(14(4)21-22)6-7-18(23)20-17-8-9-19-10-13(17)3/h12-13,17,19H,6-11H2,1-5H3,(H,20,23). The zero-order chi connectivity index (χ0) is 17.0. The molecule has 2 heterocycles. The lowest BCUT2D eigenvalue weighted by Gasteiger charge is -2.30. The molecular weight excluding hydrogens is 288 g/mol. The average Bonchev–Trinajstić information content (AvgIpc) is 2.73. The van der Waals surface area contributed by atoms with Crippen LogP contribution < -0.4 is 10.6 Å². The molecule has 2 N–H and O–H groups in total. The minimum absolute atomic E-state index is 0.166. The van der Waals surface area contributed by atoms with E-state index >= 15 is 0 Å². The van der Waals surface area contributed by atoms with Gasteiger partial charge in [-0.05, 0) is 57.2 Å². The fraction of sp³-hybridized carbons (Fsp3) is 0.778. The van der Waals surface area contributed by atoms with Crippen molar-refractivity contribution in [1.29, 1.82) is 0 Å². The number of amides is 1. The summed E-state index contributed by atoms with van der Waals surface area (Å²) in [6.07, 6.45) is 2.35. The molecule has 130 valence electrons. The molecule has 0 aromatic carbocycles. The molecule has 1 saturated heterocycles. The van der Waals surface area contributed by atoms with E-state index < -0.39 is 0 Å². The van der Waals surface area contributed by atoms with Crippen LogP contribution in [-0.4, -0.2) is 34.8 Å². The Morgan fingerprint density at radius 3 is 2.83 bits per heavy atom. The van der Waals surface area contributed by atoms with Crippen LogP contribution in [0.25, 0.3) is 0 Å². The summed E-state index contributed by atoms with van der Waals surface area (Å²) < 4.78 is 2.09. The molecule has 5 nitrogen and oxygen atoms in total. The van der Waals surface area contributed by atoms with Crippen LogP contribution >= 0.6 is 0 Å². The summed E-state index contributed by atoms with van der Waals surface area (Å²) in [5.74, 6) is 1.25. The highest BCUT2D eigenvalue weighted by molar-refractivity contribution is 5.76. The number of aryl methyl sites for hydroxylation is 1. The monoisotopic (exact) mass is 320 g/mol. The third-order valence-electron chi connectivity index (χ3n) is 4.80. The molecule has 0 spiro atoms. The number of hydrogen-bond donors (Lipinski definition) is 2. The maximum absolute atomic E-state index is 12.3. The van der Waals surface area contributed by atoms with Crippen molar-refractivity contribution in [2.24, 2.45) is 11.8 Å². The van der Waals surface area contributed by atoms with Gasteiger partial charge in [0.25, 0.3) is 0 Å². The van der Waals surface area contributed by atoms with Crippen molar-refractivity contribution in [3.05, 3.63) is 17.0 Å². The van der Waals surface area contributed by atoms with E-state index in [9.17, 15) is 4.79 Å². The fourth-order valence-electron chi connectivity index (χ4n) is 3.37. The molecule has 0 radical (unpaired) electrons. The van der Waals surface area contributed by atoms with Crippen LogP contribution in [0, 0.1) is 25.7 Å². The molecule has 23 heavy (non-hydrogen) atoms. The van der Waals surface area contributed by atoms with Crippen molar-refractivity contribution in [1.82, 2.24) is 20.4 Å². The Bertz CT molecular complexity index is 535. The first-order valence-corrected chi connectivity index (χ1v) is 8.91. The van der Waals surface area contributed by atoms with Gasteiger partial charge in [0.15, 0.2) is 0 Å². The van der Waals surface area contributed by atoms with Gasteiger partial charge in [-0.2, -0.15) is 5.10 Å². The molecule has 0 saturated carbocycles. The average molecular weight is 320 g/mol. The molecule has 1 aliphatic rings. The van der Waals surface area contributed by atoms with Gasteiger partial charge in [0, 0.05) is 24.7 Å². The molecule has 1 aromatic rings. The molecule has 1 fully saturated rings. The maximum Gasteiger partial charge on any atom is 0.220 e. The normalized spacial score (nSPS) is 21.7. The molecule has 0 bridgehead atoms. The highest BCUT2D eigenvalue weighted by Crippen LogP contribution is 2.17. The third kappa shape index (κ3) is 4.80. The Morgan fingerprint density at radius 2 is 2.17 bits per heavy atom. The van der Waals surface area contributed by atoms with Crippen LogP contribution in [0.1, 0.15) is 50.6 Å². The molecule has 1 aliphatic heterocycles. The third-order valence-corrected chi connectivity index (χ3v) is 4.80. The molecule has 0 aliphatic carbocycles. The van der Waals surface area contributed by atoms with Gasteiger partial charge in [0.2, 0.25) is 5.91 Å². The number of hydrogen-bond acceptors (Lipinski definition) is 3. The molecular formula is C18H32N4O. The Labute approximate surface area is 140 Å². The largest absolute Gasteiger partial charge is 0.353 e. The van der Waals surface area contributed by atoms with Crippen LogP contribution in [0.2, 0.25) is 0 Å². The zero-order valence-electron chi connectivity index (χ0n) is 15.3. The van der Waals surface area contributed by atoms with Crippen molar-refractivity contribution in [2.75, 3.05) is 13.1 Å². The van der Waals surface area contributed by atoms with Gasteiger partial charge in [-0.25, -0.2) is 0 Å². The van der Waals surface area contributed by atoms with E-state index in [-0.39, 0.29) is 5.91 Å². The van der Waals surface area contributed by atoms with Crippen LogP contribution in [0.5, 0.6) is 0 Å². The summed E-state index contributed by atoms with van der Waals surface area (Å²) >= 11 is 0. The number of aromatic nitrogens is 2. The van der Waals surface area contributed by atoms with Crippen molar-refractivity contribution in [3.63, 3.8) is 0 Å². The van der Waals surface area contributed by atoms with Gasteiger partial charge < -0.3 is 10.6 Å². The van der Waals surface area contributed by atoms with E-state index in [1.807, 2.05) is 6.92 Å². The Kier molecular flexibility index (Phi) is 6.22. The van der Waals surface area contributed by atoms with E-state index in [1.54, 1.807) is 0 Å². The minimum atomic E-state index is 0.166. The Hall–Kier alpha value is -1.36. The van der Waals surface area contributed by atoms with Gasteiger partial charge in [-0.3, -0.25) is 9.48 Å². The van der Waals surface area contributed by atoms with Crippen molar-refractivity contribution < 1.29 is 4.79 Å². The molecule has 1 amide bonds. The van der Waals surface area contributed by atoms with Gasteiger partial charge in [-0.1, -0.05) is 20.8 Å². The Balaban J connectivity index is 1.90.